The fraction of sp³-hybridized carbons (Fsp3) is 0.188. The van der Waals surface area contributed by atoms with Crippen molar-refractivity contribution in [2.24, 2.45) is 0 Å². The smallest absolute Gasteiger partial charge is 0.374 e. The van der Waals surface area contributed by atoms with Gasteiger partial charge in [-0.2, -0.15) is 26.3 Å². The lowest BCUT2D eigenvalue weighted by Crippen LogP contribution is -2.23. The van der Waals surface area contributed by atoms with E-state index in [1.54, 1.807) is 0 Å². The molecule has 0 saturated heterocycles. The van der Waals surface area contributed by atoms with Gasteiger partial charge in [0.1, 0.15) is 11.6 Å². The van der Waals surface area contributed by atoms with E-state index in [9.17, 15) is 39.9 Å². The second-order valence-electron chi connectivity index (χ2n) is 5.32. The number of hydrogen-bond donors (Lipinski definition) is 2. The highest BCUT2D eigenvalue weighted by Crippen LogP contribution is 2.37. The fourth-order valence-electron chi connectivity index (χ4n) is 2.04. The van der Waals surface area contributed by atoms with Gasteiger partial charge in [-0.15, -0.1) is 0 Å². The summed E-state index contributed by atoms with van der Waals surface area (Å²) in [7, 11) is 0. The maximum atomic E-state index is 13.4. The molecule has 0 bridgehead atoms. The van der Waals surface area contributed by atoms with Crippen LogP contribution in [0.2, 0.25) is 0 Å². The van der Waals surface area contributed by atoms with Crippen molar-refractivity contribution >= 4 is 17.3 Å². The molecule has 2 aromatic rings. The SMILES string of the molecule is O=C(CNc1ccc(F)cc1F)Nc1cc(C(F)(F)F)cc(C(F)(F)F)c1. The van der Waals surface area contributed by atoms with E-state index in [0.29, 0.717) is 18.2 Å². The Hall–Kier alpha value is -2.85. The Balaban J connectivity index is 2.16. The average molecular weight is 398 g/mol. The first kappa shape index (κ1) is 20.5. The highest BCUT2D eigenvalue weighted by molar-refractivity contribution is 5.94. The minimum absolute atomic E-state index is 0.0815. The molecule has 0 fully saturated rings. The molecule has 146 valence electrons. The Morgan fingerprint density at radius 2 is 1.41 bits per heavy atom. The molecule has 1 amide bonds. The second kappa shape index (κ2) is 7.41. The van der Waals surface area contributed by atoms with Crippen molar-refractivity contribution in [1.29, 1.82) is 0 Å². The molecule has 2 aromatic carbocycles. The van der Waals surface area contributed by atoms with Crippen LogP contribution in [0.5, 0.6) is 0 Å². The van der Waals surface area contributed by atoms with Crippen molar-refractivity contribution in [1.82, 2.24) is 0 Å². The molecule has 0 aliphatic carbocycles. The van der Waals surface area contributed by atoms with E-state index >= 15 is 0 Å². The van der Waals surface area contributed by atoms with Crippen LogP contribution in [0.15, 0.2) is 36.4 Å². The molecule has 0 heterocycles. The van der Waals surface area contributed by atoms with Crippen molar-refractivity contribution < 1.29 is 39.9 Å². The number of benzene rings is 2. The van der Waals surface area contributed by atoms with E-state index in [0.717, 1.165) is 12.1 Å². The van der Waals surface area contributed by atoms with Gasteiger partial charge in [0, 0.05) is 11.8 Å². The maximum absolute atomic E-state index is 13.4. The largest absolute Gasteiger partial charge is 0.416 e. The van der Waals surface area contributed by atoms with Crippen LogP contribution in [0, 0.1) is 11.6 Å². The molecule has 0 atom stereocenters. The van der Waals surface area contributed by atoms with Crippen molar-refractivity contribution in [2.45, 2.75) is 12.4 Å². The van der Waals surface area contributed by atoms with Gasteiger partial charge in [-0.25, -0.2) is 8.78 Å². The van der Waals surface area contributed by atoms with Gasteiger partial charge >= 0.3 is 12.4 Å². The van der Waals surface area contributed by atoms with Crippen molar-refractivity contribution in [2.75, 3.05) is 17.2 Å². The fourth-order valence-corrected chi connectivity index (χ4v) is 2.04. The highest BCUT2D eigenvalue weighted by atomic mass is 19.4. The van der Waals surface area contributed by atoms with E-state index < -0.39 is 53.3 Å². The molecule has 3 nitrogen and oxygen atoms in total. The highest BCUT2D eigenvalue weighted by Gasteiger charge is 2.37. The van der Waals surface area contributed by atoms with Crippen molar-refractivity contribution in [3.05, 3.63) is 59.2 Å². The standard InChI is InChI=1S/C16H10F8N2O/c17-10-1-2-13(12(18)6-10)25-7-14(27)26-11-4-8(15(19,20)21)3-9(5-11)16(22,23)24/h1-6,25H,7H2,(H,26,27). The van der Waals surface area contributed by atoms with E-state index in [4.69, 9.17) is 0 Å². The van der Waals surface area contributed by atoms with Crippen LogP contribution in [0.1, 0.15) is 11.1 Å². The summed E-state index contributed by atoms with van der Waals surface area (Å²) in [5, 5.41) is 4.12. The molecule has 11 heteroatoms. The molecule has 2 rings (SSSR count). The molecule has 0 aromatic heterocycles. The summed E-state index contributed by atoms with van der Waals surface area (Å²) in [5.74, 6) is -2.93. The number of carbonyl (C=O) groups excluding carboxylic acids is 1. The zero-order valence-electron chi connectivity index (χ0n) is 13.1. The van der Waals surface area contributed by atoms with Crippen LogP contribution in [0.25, 0.3) is 0 Å². The summed E-state index contributed by atoms with van der Waals surface area (Å²) in [6, 6.07) is 3.00. The first-order valence-electron chi connectivity index (χ1n) is 7.14. The quantitative estimate of drug-likeness (QED) is 0.708. The minimum Gasteiger partial charge on any atom is -0.374 e. The molecule has 0 radical (unpaired) electrons. The predicted octanol–water partition coefficient (Wildman–Crippen LogP) is 5.05. The zero-order valence-corrected chi connectivity index (χ0v) is 13.1. The van der Waals surface area contributed by atoms with Crippen LogP contribution in [0.4, 0.5) is 46.5 Å². The molecule has 0 aliphatic heterocycles. The maximum Gasteiger partial charge on any atom is 0.416 e. The normalized spacial score (nSPS) is 12.0. The first-order valence-corrected chi connectivity index (χ1v) is 7.14. The third-order valence-electron chi connectivity index (χ3n) is 3.24. The van der Waals surface area contributed by atoms with Gasteiger partial charge in [-0.05, 0) is 30.3 Å². The Bertz CT molecular complexity index is 813. The molecular formula is C16H10F8N2O. The van der Waals surface area contributed by atoms with E-state index in [1.165, 1.54) is 0 Å². The van der Waals surface area contributed by atoms with Gasteiger partial charge < -0.3 is 10.6 Å². The Labute approximate surface area is 147 Å². The average Bonchev–Trinajstić information content (AvgIpc) is 2.52. The summed E-state index contributed by atoms with van der Waals surface area (Å²) in [5.41, 5.74) is -4.19. The third-order valence-corrected chi connectivity index (χ3v) is 3.24. The Kier molecular flexibility index (Phi) is 5.62. The molecule has 0 unspecified atom stereocenters. The van der Waals surface area contributed by atoms with E-state index in [1.807, 2.05) is 5.32 Å². The predicted molar refractivity (Wildman–Crippen MR) is 79.9 cm³/mol. The van der Waals surface area contributed by atoms with E-state index in [2.05, 4.69) is 5.32 Å². The molecule has 0 aliphatic rings. The number of hydrogen-bond acceptors (Lipinski definition) is 2. The van der Waals surface area contributed by atoms with Gasteiger partial charge in [0.25, 0.3) is 0 Å². The number of rotatable bonds is 4. The van der Waals surface area contributed by atoms with Crippen molar-refractivity contribution in [3.63, 3.8) is 0 Å². The molecule has 27 heavy (non-hydrogen) atoms. The van der Waals surface area contributed by atoms with Gasteiger partial charge in [-0.1, -0.05) is 0 Å². The second-order valence-corrected chi connectivity index (χ2v) is 5.32. The minimum atomic E-state index is -5.06. The summed E-state index contributed by atoms with van der Waals surface area (Å²) < 4.78 is 103. The Morgan fingerprint density at radius 3 is 1.89 bits per heavy atom. The Morgan fingerprint density at radius 1 is 0.852 bits per heavy atom. The molecule has 0 spiro atoms. The zero-order chi connectivity index (χ0) is 20.4. The van der Waals surface area contributed by atoms with Crippen LogP contribution in [0.3, 0.4) is 0 Å². The van der Waals surface area contributed by atoms with Gasteiger partial charge in [0.2, 0.25) is 5.91 Å². The lowest BCUT2D eigenvalue weighted by Gasteiger charge is -2.15. The van der Waals surface area contributed by atoms with Gasteiger partial charge in [0.15, 0.2) is 0 Å². The number of amides is 1. The number of nitrogens with one attached hydrogen (secondary N) is 2. The summed E-state index contributed by atoms with van der Waals surface area (Å²) >= 11 is 0. The summed E-state index contributed by atoms with van der Waals surface area (Å²) in [4.78, 5) is 11.8. The van der Waals surface area contributed by atoms with Crippen LogP contribution >= 0.6 is 0 Å². The van der Waals surface area contributed by atoms with E-state index in [-0.39, 0.29) is 11.8 Å². The number of halogens is 8. The summed E-state index contributed by atoms with van der Waals surface area (Å²) in [6.07, 6.45) is -10.1. The number of carbonyl (C=O) groups is 1. The monoisotopic (exact) mass is 398 g/mol. The first-order chi connectivity index (χ1) is 12.4. The molecular weight excluding hydrogens is 388 g/mol. The number of anilines is 2. The van der Waals surface area contributed by atoms with Crippen molar-refractivity contribution in [3.8, 4) is 0 Å². The van der Waals surface area contributed by atoms with Crippen LogP contribution < -0.4 is 10.6 Å². The van der Waals surface area contributed by atoms with Gasteiger partial charge in [-0.3, -0.25) is 4.79 Å². The van der Waals surface area contributed by atoms with Crippen LogP contribution in [-0.4, -0.2) is 12.5 Å². The summed E-state index contributed by atoms with van der Waals surface area (Å²) in [6.45, 7) is -0.680. The number of alkyl halides is 6. The molecule has 2 N–H and O–H groups in total. The topological polar surface area (TPSA) is 41.1 Å². The third kappa shape index (κ3) is 5.56. The van der Waals surface area contributed by atoms with Crippen LogP contribution in [-0.2, 0) is 17.1 Å². The van der Waals surface area contributed by atoms with Gasteiger partial charge in [0.05, 0.1) is 23.4 Å². The molecule has 0 saturated carbocycles. The lowest BCUT2D eigenvalue weighted by atomic mass is 10.1. The lowest BCUT2D eigenvalue weighted by molar-refractivity contribution is -0.143.